The zero-order valence-corrected chi connectivity index (χ0v) is 9.72. The van der Waals surface area contributed by atoms with Crippen LogP contribution in [0.3, 0.4) is 0 Å². The normalized spacial score (nSPS) is 10.9. The summed E-state index contributed by atoms with van der Waals surface area (Å²) in [5, 5.41) is 8.54. The quantitative estimate of drug-likeness (QED) is 0.844. The molecule has 2 rings (SSSR count). The van der Waals surface area contributed by atoms with Gasteiger partial charge in [0.1, 0.15) is 5.82 Å². The molecule has 0 aliphatic rings. The maximum atomic E-state index is 5.54. The molecule has 0 saturated heterocycles. The second-order valence-corrected chi connectivity index (χ2v) is 4.01. The van der Waals surface area contributed by atoms with Crippen molar-refractivity contribution in [2.75, 3.05) is 5.73 Å². The summed E-state index contributed by atoms with van der Waals surface area (Å²) in [6.07, 6.45) is 2.90. The number of anilines is 1. The van der Waals surface area contributed by atoms with Crippen LogP contribution in [0.1, 0.15) is 17.8 Å². The summed E-state index contributed by atoms with van der Waals surface area (Å²) in [6, 6.07) is 3.90. The molecule has 0 bridgehead atoms. The third kappa shape index (κ3) is 2.42. The lowest BCUT2D eigenvalue weighted by Crippen LogP contribution is -2.07. The van der Waals surface area contributed by atoms with Gasteiger partial charge in [0.25, 0.3) is 0 Å². The van der Waals surface area contributed by atoms with Gasteiger partial charge in [-0.3, -0.25) is 9.36 Å². The highest BCUT2D eigenvalue weighted by molar-refractivity contribution is 5.23. The first kappa shape index (κ1) is 10.7. The molecular formula is C11H17N5. The minimum atomic E-state index is 0.575. The van der Waals surface area contributed by atoms with Crippen LogP contribution < -0.4 is 5.73 Å². The van der Waals surface area contributed by atoms with E-state index in [1.54, 1.807) is 0 Å². The van der Waals surface area contributed by atoms with Gasteiger partial charge in [0.05, 0.1) is 5.69 Å². The molecule has 86 valence electrons. The molecule has 0 unspecified atom stereocenters. The van der Waals surface area contributed by atoms with Crippen molar-refractivity contribution in [2.24, 2.45) is 0 Å². The first-order valence-electron chi connectivity index (χ1n) is 5.45. The summed E-state index contributed by atoms with van der Waals surface area (Å²) in [5.74, 6) is 0.575. The van der Waals surface area contributed by atoms with Crippen LogP contribution >= 0.6 is 0 Å². The molecule has 0 aliphatic heterocycles. The molecule has 0 radical (unpaired) electrons. The van der Waals surface area contributed by atoms with Gasteiger partial charge >= 0.3 is 0 Å². The van der Waals surface area contributed by atoms with E-state index in [2.05, 4.69) is 23.2 Å². The van der Waals surface area contributed by atoms with E-state index in [-0.39, 0.29) is 0 Å². The van der Waals surface area contributed by atoms with Crippen LogP contribution in [-0.4, -0.2) is 19.6 Å². The van der Waals surface area contributed by atoms with E-state index in [0.717, 1.165) is 25.2 Å². The van der Waals surface area contributed by atoms with Crippen LogP contribution in [0, 0.1) is 13.8 Å². The fourth-order valence-corrected chi connectivity index (χ4v) is 1.79. The second-order valence-electron chi connectivity index (χ2n) is 4.01. The van der Waals surface area contributed by atoms with Gasteiger partial charge in [-0.05, 0) is 32.4 Å². The molecule has 2 aromatic rings. The number of rotatable bonds is 4. The van der Waals surface area contributed by atoms with Crippen molar-refractivity contribution in [3.8, 4) is 0 Å². The van der Waals surface area contributed by atoms with Gasteiger partial charge in [-0.1, -0.05) is 0 Å². The topological polar surface area (TPSA) is 61.7 Å². The molecule has 2 heterocycles. The van der Waals surface area contributed by atoms with Crippen LogP contribution in [0.4, 0.5) is 5.82 Å². The molecular weight excluding hydrogens is 202 g/mol. The average Bonchev–Trinajstić information content (AvgIpc) is 2.74. The Bertz CT molecular complexity index is 468. The van der Waals surface area contributed by atoms with Crippen molar-refractivity contribution in [2.45, 2.75) is 33.4 Å². The predicted octanol–water partition coefficient (Wildman–Crippen LogP) is 1.37. The lowest BCUT2D eigenvalue weighted by molar-refractivity contribution is 0.494. The fourth-order valence-electron chi connectivity index (χ4n) is 1.79. The third-order valence-corrected chi connectivity index (χ3v) is 2.52. The smallest absolute Gasteiger partial charge is 0.145 e. The van der Waals surface area contributed by atoms with Crippen molar-refractivity contribution in [1.29, 1.82) is 0 Å². The summed E-state index contributed by atoms with van der Waals surface area (Å²) >= 11 is 0. The van der Waals surface area contributed by atoms with E-state index in [1.807, 2.05) is 28.6 Å². The van der Waals surface area contributed by atoms with E-state index >= 15 is 0 Å². The van der Waals surface area contributed by atoms with E-state index in [0.29, 0.717) is 5.82 Å². The van der Waals surface area contributed by atoms with E-state index in [9.17, 15) is 0 Å². The molecule has 0 atom stereocenters. The van der Waals surface area contributed by atoms with E-state index in [1.165, 1.54) is 5.69 Å². The van der Waals surface area contributed by atoms with Gasteiger partial charge in [-0.15, -0.1) is 0 Å². The molecule has 0 spiro atoms. The number of hydrogen-bond acceptors (Lipinski definition) is 3. The summed E-state index contributed by atoms with van der Waals surface area (Å²) in [5.41, 5.74) is 7.82. The van der Waals surface area contributed by atoms with Gasteiger partial charge in [-0.25, -0.2) is 0 Å². The highest BCUT2D eigenvalue weighted by Crippen LogP contribution is 2.04. The average molecular weight is 219 g/mol. The molecule has 5 nitrogen and oxygen atoms in total. The number of hydrogen-bond donors (Lipinski definition) is 1. The van der Waals surface area contributed by atoms with Crippen LogP contribution in [0.15, 0.2) is 18.3 Å². The lowest BCUT2D eigenvalue weighted by atomic mass is 10.4. The first-order chi connectivity index (χ1) is 7.65. The van der Waals surface area contributed by atoms with E-state index in [4.69, 9.17) is 5.73 Å². The Morgan fingerprint density at radius 2 is 2.06 bits per heavy atom. The number of nitrogens with two attached hydrogens (primary N) is 1. The predicted molar refractivity (Wildman–Crippen MR) is 63.0 cm³/mol. The van der Waals surface area contributed by atoms with Crippen molar-refractivity contribution < 1.29 is 0 Å². The largest absolute Gasteiger partial charge is 0.382 e. The minimum absolute atomic E-state index is 0.575. The SMILES string of the molecule is Cc1cc(C)n(CCCn2ccc(N)n2)n1. The summed E-state index contributed by atoms with van der Waals surface area (Å²) in [6.45, 7) is 5.87. The Morgan fingerprint density at radius 3 is 2.62 bits per heavy atom. The highest BCUT2D eigenvalue weighted by Gasteiger charge is 2.00. The molecule has 0 saturated carbocycles. The Hall–Kier alpha value is -1.78. The lowest BCUT2D eigenvalue weighted by Gasteiger charge is -2.04. The van der Waals surface area contributed by atoms with Crippen LogP contribution in [-0.2, 0) is 13.1 Å². The Kier molecular flexibility index (Phi) is 2.94. The third-order valence-electron chi connectivity index (χ3n) is 2.52. The zero-order chi connectivity index (χ0) is 11.5. The molecule has 16 heavy (non-hydrogen) atoms. The van der Waals surface area contributed by atoms with Crippen LogP contribution in [0.2, 0.25) is 0 Å². The number of aromatic nitrogens is 4. The number of aryl methyl sites for hydroxylation is 4. The standard InChI is InChI=1S/C11H17N5/c1-9-8-10(2)16(13-9)6-3-5-15-7-4-11(12)14-15/h4,7-8H,3,5-6H2,1-2H3,(H2,12,14). The first-order valence-corrected chi connectivity index (χ1v) is 5.45. The maximum Gasteiger partial charge on any atom is 0.145 e. The summed E-state index contributed by atoms with van der Waals surface area (Å²) < 4.78 is 3.89. The van der Waals surface area contributed by atoms with Gasteiger partial charge in [0.15, 0.2) is 0 Å². The van der Waals surface area contributed by atoms with Gasteiger partial charge in [-0.2, -0.15) is 10.2 Å². The van der Waals surface area contributed by atoms with Crippen LogP contribution in [0.25, 0.3) is 0 Å². The molecule has 5 heteroatoms. The summed E-state index contributed by atoms with van der Waals surface area (Å²) in [7, 11) is 0. The second kappa shape index (κ2) is 4.38. The van der Waals surface area contributed by atoms with Crippen molar-refractivity contribution >= 4 is 5.82 Å². The van der Waals surface area contributed by atoms with Gasteiger partial charge < -0.3 is 5.73 Å². The molecule has 2 N–H and O–H groups in total. The highest BCUT2D eigenvalue weighted by atomic mass is 15.3. The molecule has 2 aromatic heterocycles. The minimum Gasteiger partial charge on any atom is -0.382 e. The van der Waals surface area contributed by atoms with Gasteiger partial charge in [0, 0.05) is 25.0 Å². The molecule has 0 aliphatic carbocycles. The van der Waals surface area contributed by atoms with E-state index < -0.39 is 0 Å². The zero-order valence-electron chi connectivity index (χ0n) is 9.72. The number of nitrogens with zero attached hydrogens (tertiary/aromatic N) is 4. The monoisotopic (exact) mass is 219 g/mol. The molecule has 0 fully saturated rings. The van der Waals surface area contributed by atoms with Crippen molar-refractivity contribution in [1.82, 2.24) is 19.6 Å². The van der Waals surface area contributed by atoms with Crippen LogP contribution in [0.5, 0.6) is 0 Å². The summed E-state index contributed by atoms with van der Waals surface area (Å²) in [4.78, 5) is 0. The molecule has 0 aromatic carbocycles. The Morgan fingerprint density at radius 1 is 1.25 bits per heavy atom. The van der Waals surface area contributed by atoms with Crippen molar-refractivity contribution in [3.05, 3.63) is 29.7 Å². The molecule has 0 amide bonds. The number of nitrogen functional groups attached to an aromatic ring is 1. The Balaban J connectivity index is 1.86. The van der Waals surface area contributed by atoms with Gasteiger partial charge in [0.2, 0.25) is 0 Å². The Labute approximate surface area is 94.9 Å². The fraction of sp³-hybridized carbons (Fsp3) is 0.455. The van der Waals surface area contributed by atoms with Crippen molar-refractivity contribution in [3.63, 3.8) is 0 Å². The maximum absolute atomic E-state index is 5.54.